The second kappa shape index (κ2) is 6.82. The lowest BCUT2D eigenvalue weighted by molar-refractivity contribution is 0.102. The van der Waals surface area contributed by atoms with Crippen molar-refractivity contribution in [1.29, 1.82) is 0 Å². The van der Waals surface area contributed by atoms with Gasteiger partial charge in [-0.1, -0.05) is 19.3 Å². The van der Waals surface area contributed by atoms with Crippen LogP contribution in [0.1, 0.15) is 54.5 Å². The zero-order chi connectivity index (χ0) is 18.1. The average Bonchev–Trinajstić information content (AvgIpc) is 3.27. The van der Waals surface area contributed by atoms with E-state index in [1.165, 1.54) is 38.4 Å². The van der Waals surface area contributed by atoms with E-state index in [9.17, 15) is 4.79 Å². The SMILES string of the molecule is COc1cc2nn(C3CCCCC3)cc2cc1NC(=O)c1coc(C)n1. The lowest BCUT2D eigenvalue weighted by Crippen LogP contribution is -2.13. The summed E-state index contributed by atoms with van der Waals surface area (Å²) >= 11 is 0. The van der Waals surface area contributed by atoms with Crippen molar-refractivity contribution in [2.45, 2.75) is 45.1 Å². The molecule has 0 atom stereocenters. The third kappa shape index (κ3) is 3.16. The lowest BCUT2D eigenvalue weighted by Gasteiger charge is -2.21. The Balaban J connectivity index is 1.64. The van der Waals surface area contributed by atoms with Gasteiger partial charge in [-0.3, -0.25) is 9.48 Å². The molecule has 3 aromatic rings. The molecule has 1 fully saturated rings. The molecule has 1 saturated carbocycles. The molecule has 0 aliphatic heterocycles. The molecule has 1 aliphatic carbocycles. The van der Waals surface area contributed by atoms with Crippen LogP contribution in [-0.2, 0) is 0 Å². The molecule has 4 rings (SSSR count). The highest BCUT2D eigenvalue weighted by Gasteiger charge is 2.19. The Morgan fingerprint density at radius 1 is 1.31 bits per heavy atom. The van der Waals surface area contributed by atoms with Crippen molar-refractivity contribution in [3.05, 3.63) is 36.2 Å². The van der Waals surface area contributed by atoms with Gasteiger partial charge in [0.15, 0.2) is 11.6 Å². The van der Waals surface area contributed by atoms with Crippen LogP contribution < -0.4 is 10.1 Å². The van der Waals surface area contributed by atoms with Crippen LogP contribution in [0.15, 0.2) is 29.0 Å². The van der Waals surface area contributed by atoms with Crippen LogP contribution >= 0.6 is 0 Å². The van der Waals surface area contributed by atoms with Crippen LogP contribution in [-0.4, -0.2) is 27.8 Å². The second-order valence-electron chi connectivity index (χ2n) is 6.72. The molecule has 1 aromatic carbocycles. The van der Waals surface area contributed by atoms with Gasteiger partial charge in [0.1, 0.15) is 12.0 Å². The van der Waals surface area contributed by atoms with E-state index in [4.69, 9.17) is 14.3 Å². The van der Waals surface area contributed by atoms with Crippen LogP contribution in [0, 0.1) is 6.92 Å². The van der Waals surface area contributed by atoms with E-state index in [0.29, 0.717) is 23.4 Å². The number of nitrogens with zero attached hydrogens (tertiary/aromatic N) is 3. The van der Waals surface area contributed by atoms with Crippen LogP contribution in [0.4, 0.5) is 5.69 Å². The minimum absolute atomic E-state index is 0.238. The minimum atomic E-state index is -0.334. The maximum atomic E-state index is 12.4. The van der Waals surface area contributed by atoms with Gasteiger partial charge >= 0.3 is 0 Å². The smallest absolute Gasteiger partial charge is 0.277 e. The fourth-order valence-electron chi connectivity index (χ4n) is 3.52. The summed E-state index contributed by atoms with van der Waals surface area (Å²) in [6.07, 6.45) is 9.55. The summed E-state index contributed by atoms with van der Waals surface area (Å²) in [5.74, 6) is 0.686. The Morgan fingerprint density at radius 3 is 2.81 bits per heavy atom. The monoisotopic (exact) mass is 354 g/mol. The number of hydrogen-bond acceptors (Lipinski definition) is 5. The number of rotatable bonds is 4. The summed E-state index contributed by atoms with van der Waals surface area (Å²) in [5, 5.41) is 8.55. The second-order valence-corrected chi connectivity index (χ2v) is 6.72. The first kappa shape index (κ1) is 16.6. The van der Waals surface area contributed by atoms with Crippen molar-refractivity contribution in [2.24, 2.45) is 0 Å². The predicted octanol–water partition coefficient (Wildman–Crippen LogP) is 4.10. The molecule has 0 saturated heterocycles. The molecule has 136 valence electrons. The number of aryl methyl sites for hydroxylation is 1. The molecule has 0 spiro atoms. The van der Waals surface area contributed by atoms with Gasteiger partial charge in [0.25, 0.3) is 5.91 Å². The van der Waals surface area contributed by atoms with Gasteiger partial charge in [-0.2, -0.15) is 5.10 Å². The predicted molar refractivity (Wildman–Crippen MR) is 97.6 cm³/mol. The van der Waals surface area contributed by atoms with E-state index in [1.807, 2.05) is 12.1 Å². The molecule has 7 heteroatoms. The maximum absolute atomic E-state index is 12.4. The minimum Gasteiger partial charge on any atom is -0.494 e. The number of amides is 1. The Labute approximate surface area is 151 Å². The highest BCUT2D eigenvalue weighted by Crippen LogP contribution is 2.33. The number of aromatic nitrogens is 3. The molecule has 7 nitrogen and oxygen atoms in total. The van der Waals surface area contributed by atoms with Gasteiger partial charge < -0.3 is 14.5 Å². The van der Waals surface area contributed by atoms with Gasteiger partial charge in [-0.05, 0) is 18.9 Å². The van der Waals surface area contributed by atoms with E-state index < -0.39 is 0 Å². The van der Waals surface area contributed by atoms with Crippen molar-refractivity contribution in [1.82, 2.24) is 14.8 Å². The van der Waals surface area contributed by atoms with Crippen LogP contribution in [0.2, 0.25) is 0 Å². The number of methoxy groups -OCH3 is 1. The Morgan fingerprint density at radius 2 is 2.12 bits per heavy atom. The van der Waals surface area contributed by atoms with Gasteiger partial charge in [0.2, 0.25) is 0 Å². The summed E-state index contributed by atoms with van der Waals surface area (Å²) in [4.78, 5) is 16.4. The number of carbonyl (C=O) groups is 1. The Kier molecular flexibility index (Phi) is 4.36. The van der Waals surface area contributed by atoms with Gasteiger partial charge in [-0.25, -0.2) is 4.98 Å². The normalized spacial score (nSPS) is 15.3. The molecule has 0 unspecified atom stereocenters. The first-order valence-electron chi connectivity index (χ1n) is 8.94. The van der Waals surface area contributed by atoms with Crippen LogP contribution in [0.5, 0.6) is 5.75 Å². The topological polar surface area (TPSA) is 82.2 Å². The number of ether oxygens (including phenoxy) is 1. The summed E-state index contributed by atoms with van der Waals surface area (Å²) in [7, 11) is 1.58. The van der Waals surface area contributed by atoms with Gasteiger partial charge in [0.05, 0.1) is 24.4 Å². The number of hydrogen-bond donors (Lipinski definition) is 1. The average molecular weight is 354 g/mol. The Hall–Kier alpha value is -2.83. The molecule has 26 heavy (non-hydrogen) atoms. The molecule has 2 heterocycles. The van der Waals surface area contributed by atoms with Crippen molar-refractivity contribution in [3.63, 3.8) is 0 Å². The standard InChI is InChI=1S/C19H22N4O3/c1-12-20-17(11-26-12)19(24)21-16-8-13-10-23(14-6-4-3-5-7-14)22-15(13)9-18(16)25-2/h8-11,14H,3-7H2,1-2H3,(H,21,24). The largest absolute Gasteiger partial charge is 0.494 e. The molecule has 0 bridgehead atoms. The Bertz CT molecular complexity index is 938. The number of oxazole rings is 1. The molecule has 1 amide bonds. The quantitative estimate of drug-likeness (QED) is 0.763. The van der Waals surface area contributed by atoms with Crippen molar-refractivity contribution >= 4 is 22.5 Å². The highest BCUT2D eigenvalue weighted by molar-refractivity contribution is 6.04. The molecule has 1 N–H and O–H groups in total. The molecule has 1 aliphatic rings. The fourth-order valence-corrected chi connectivity index (χ4v) is 3.52. The van der Waals surface area contributed by atoms with Crippen LogP contribution in [0.3, 0.4) is 0 Å². The zero-order valence-corrected chi connectivity index (χ0v) is 15.0. The third-order valence-corrected chi connectivity index (χ3v) is 4.89. The van der Waals surface area contributed by atoms with E-state index in [1.54, 1.807) is 14.0 Å². The van der Waals surface area contributed by atoms with Gasteiger partial charge in [-0.15, -0.1) is 0 Å². The third-order valence-electron chi connectivity index (χ3n) is 4.89. The maximum Gasteiger partial charge on any atom is 0.277 e. The lowest BCUT2D eigenvalue weighted by atomic mass is 9.96. The highest BCUT2D eigenvalue weighted by atomic mass is 16.5. The van der Waals surface area contributed by atoms with E-state index in [2.05, 4.69) is 21.2 Å². The molecule has 0 radical (unpaired) electrons. The number of carbonyl (C=O) groups excluding carboxylic acids is 1. The number of anilines is 1. The molecular formula is C19H22N4O3. The number of benzene rings is 1. The van der Waals surface area contributed by atoms with E-state index >= 15 is 0 Å². The summed E-state index contributed by atoms with van der Waals surface area (Å²) in [6.45, 7) is 1.70. The van der Waals surface area contributed by atoms with Crippen molar-refractivity contribution in [3.8, 4) is 5.75 Å². The first-order chi connectivity index (χ1) is 12.6. The summed E-state index contributed by atoms with van der Waals surface area (Å²) in [6, 6.07) is 4.21. The molecule has 2 aromatic heterocycles. The number of nitrogens with one attached hydrogen (secondary N) is 1. The number of fused-ring (bicyclic) bond motifs is 1. The van der Waals surface area contributed by atoms with Crippen molar-refractivity contribution in [2.75, 3.05) is 12.4 Å². The van der Waals surface area contributed by atoms with E-state index in [-0.39, 0.29) is 11.6 Å². The fraction of sp³-hybridized carbons (Fsp3) is 0.421. The van der Waals surface area contributed by atoms with E-state index in [0.717, 1.165) is 10.9 Å². The van der Waals surface area contributed by atoms with Gasteiger partial charge in [0, 0.05) is 24.6 Å². The van der Waals surface area contributed by atoms with Crippen LogP contribution in [0.25, 0.3) is 10.9 Å². The molecular weight excluding hydrogens is 332 g/mol. The van der Waals surface area contributed by atoms with Crippen molar-refractivity contribution < 1.29 is 13.9 Å². The summed E-state index contributed by atoms with van der Waals surface area (Å²) in [5.41, 5.74) is 1.69. The summed E-state index contributed by atoms with van der Waals surface area (Å²) < 4.78 is 12.6. The first-order valence-corrected chi connectivity index (χ1v) is 8.94. The zero-order valence-electron chi connectivity index (χ0n) is 15.0.